The van der Waals surface area contributed by atoms with Crippen molar-refractivity contribution >= 4 is 28.9 Å². The Hall–Kier alpha value is -2.22. The highest BCUT2D eigenvalue weighted by molar-refractivity contribution is 7.80. The minimum absolute atomic E-state index is 0.0318. The molecule has 38 heavy (non-hydrogen) atoms. The molecule has 0 radical (unpaired) electrons. The molecule has 1 atom stereocenters. The number of carbonyl (C=O) groups excluding carboxylic acids is 1. The number of likely N-dealkylation sites (tertiary alicyclic amines) is 1. The van der Waals surface area contributed by atoms with Crippen molar-refractivity contribution < 1.29 is 22.7 Å². The average Bonchev–Trinajstić information content (AvgIpc) is 3.37. The van der Waals surface area contributed by atoms with Gasteiger partial charge in [-0.2, -0.15) is 18.4 Å². The van der Waals surface area contributed by atoms with Gasteiger partial charge in [-0.15, -0.1) is 0 Å². The van der Waals surface area contributed by atoms with E-state index in [1.807, 2.05) is 4.90 Å². The van der Waals surface area contributed by atoms with Crippen LogP contribution in [0.3, 0.4) is 0 Å². The minimum Gasteiger partial charge on any atom is -0.383 e. The molecule has 0 bridgehead atoms. The number of unbranched alkanes of at least 4 members (excludes halogenated alkanes) is 6. The van der Waals surface area contributed by atoms with E-state index in [9.17, 15) is 18.0 Å². The second-order valence-corrected chi connectivity index (χ2v) is 11.1. The lowest BCUT2D eigenvalue weighted by atomic mass is 10.0. The van der Waals surface area contributed by atoms with Gasteiger partial charge in [-0.3, -0.25) is 14.6 Å². The molecule has 0 unspecified atom stereocenters. The van der Waals surface area contributed by atoms with E-state index in [2.05, 4.69) is 4.90 Å². The van der Waals surface area contributed by atoms with E-state index < -0.39 is 22.8 Å². The molecule has 0 N–H and O–H groups in total. The molecular formula is C28H39F3N4O2S. The predicted molar refractivity (Wildman–Crippen MR) is 146 cm³/mol. The third-order valence-corrected chi connectivity index (χ3v) is 8.10. The lowest BCUT2D eigenvalue weighted by Gasteiger charge is -2.29. The SMILES string of the molecule is COC[C@H]1CCCN1CCCCCCCCCN1C(=S)N(c2ccc(C#N)c(C(F)(F)F)c2)C(=O)C1(C)C. The van der Waals surface area contributed by atoms with Crippen molar-refractivity contribution in [3.05, 3.63) is 29.3 Å². The number of halogens is 3. The number of hydrogen-bond donors (Lipinski definition) is 0. The van der Waals surface area contributed by atoms with Gasteiger partial charge < -0.3 is 9.64 Å². The molecule has 2 aliphatic heterocycles. The van der Waals surface area contributed by atoms with Crippen LogP contribution in [0.4, 0.5) is 18.9 Å². The molecule has 1 amide bonds. The molecule has 2 fully saturated rings. The van der Waals surface area contributed by atoms with E-state index in [0.717, 1.165) is 51.0 Å². The zero-order valence-corrected chi connectivity index (χ0v) is 23.5. The van der Waals surface area contributed by atoms with Gasteiger partial charge in [0.25, 0.3) is 5.91 Å². The molecule has 6 nitrogen and oxygen atoms in total. The zero-order valence-electron chi connectivity index (χ0n) is 22.6. The van der Waals surface area contributed by atoms with Crippen molar-refractivity contribution in [2.75, 3.05) is 38.3 Å². The summed E-state index contributed by atoms with van der Waals surface area (Å²) in [4.78, 5) is 18.7. The second kappa shape index (κ2) is 13.2. The van der Waals surface area contributed by atoms with Crippen LogP contribution < -0.4 is 4.90 Å². The van der Waals surface area contributed by atoms with Crippen LogP contribution in [0.25, 0.3) is 0 Å². The number of nitrogens with zero attached hydrogens (tertiary/aromatic N) is 4. The summed E-state index contributed by atoms with van der Waals surface area (Å²) in [6.07, 6.45) is 5.51. The molecule has 1 aromatic carbocycles. The predicted octanol–water partition coefficient (Wildman–Crippen LogP) is 6.13. The third kappa shape index (κ3) is 7.04. The van der Waals surface area contributed by atoms with E-state index in [1.165, 1.54) is 49.6 Å². The number of benzene rings is 1. The first-order valence-electron chi connectivity index (χ1n) is 13.5. The molecule has 3 rings (SSSR count). The van der Waals surface area contributed by atoms with Gasteiger partial charge in [0.05, 0.1) is 29.5 Å². The van der Waals surface area contributed by atoms with E-state index in [0.29, 0.717) is 12.6 Å². The molecule has 2 aliphatic rings. The summed E-state index contributed by atoms with van der Waals surface area (Å²) in [6, 6.07) is 5.42. The first-order chi connectivity index (χ1) is 18.0. The fourth-order valence-electron chi connectivity index (χ4n) is 5.48. The zero-order chi connectivity index (χ0) is 27.9. The number of alkyl halides is 3. The van der Waals surface area contributed by atoms with Gasteiger partial charge in [0.2, 0.25) is 0 Å². The van der Waals surface area contributed by atoms with Crippen molar-refractivity contribution in [1.82, 2.24) is 9.80 Å². The van der Waals surface area contributed by atoms with Crippen molar-refractivity contribution in [3.63, 3.8) is 0 Å². The van der Waals surface area contributed by atoms with Crippen molar-refractivity contribution in [2.24, 2.45) is 0 Å². The molecule has 2 heterocycles. The molecule has 0 saturated carbocycles. The average molecular weight is 553 g/mol. The van der Waals surface area contributed by atoms with Crippen LogP contribution in [-0.2, 0) is 15.7 Å². The summed E-state index contributed by atoms with van der Waals surface area (Å²) in [5.74, 6) is -0.369. The highest BCUT2D eigenvalue weighted by Gasteiger charge is 2.49. The number of amides is 1. The van der Waals surface area contributed by atoms with Crippen LogP contribution >= 0.6 is 12.2 Å². The minimum atomic E-state index is -4.71. The Morgan fingerprint density at radius 3 is 2.34 bits per heavy atom. The fourth-order valence-corrected chi connectivity index (χ4v) is 5.99. The van der Waals surface area contributed by atoms with Gasteiger partial charge in [0.15, 0.2) is 5.11 Å². The lowest BCUT2D eigenvalue weighted by molar-refractivity contribution is -0.137. The summed E-state index contributed by atoms with van der Waals surface area (Å²) in [6.45, 7) is 7.19. The quantitative estimate of drug-likeness (QED) is 0.217. The number of methoxy groups -OCH3 is 1. The van der Waals surface area contributed by atoms with E-state index in [1.54, 1.807) is 27.0 Å². The Bertz CT molecular complexity index is 1020. The Morgan fingerprint density at radius 2 is 1.74 bits per heavy atom. The van der Waals surface area contributed by atoms with E-state index in [-0.39, 0.29) is 16.7 Å². The number of rotatable bonds is 13. The molecule has 0 spiro atoms. The summed E-state index contributed by atoms with van der Waals surface area (Å²) in [5, 5.41) is 9.27. The van der Waals surface area contributed by atoms with Gasteiger partial charge in [-0.1, -0.05) is 32.1 Å². The number of ether oxygens (including phenoxy) is 1. The normalized spacial score (nSPS) is 20.0. The molecule has 0 aromatic heterocycles. The van der Waals surface area contributed by atoms with Crippen LogP contribution in [0, 0.1) is 11.3 Å². The van der Waals surface area contributed by atoms with Gasteiger partial charge in [-0.05, 0) is 83.0 Å². The maximum absolute atomic E-state index is 13.5. The maximum atomic E-state index is 13.5. The van der Waals surface area contributed by atoms with Gasteiger partial charge >= 0.3 is 6.18 Å². The molecule has 2 saturated heterocycles. The van der Waals surface area contributed by atoms with E-state index >= 15 is 0 Å². The molecule has 1 aromatic rings. The van der Waals surface area contributed by atoms with Crippen molar-refractivity contribution in [2.45, 2.75) is 89.4 Å². The molecule has 10 heteroatoms. The van der Waals surface area contributed by atoms with Gasteiger partial charge in [-0.25, -0.2) is 0 Å². The topological polar surface area (TPSA) is 59.8 Å². The summed E-state index contributed by atoms with van der Waals surface area (Å²) < 4.78 is 45.7. The standard InChI is InChI=1S/C28H39F3N4O2S/c1-27(2)25(36)35(22-14-13-21(19-32)24(18-22)28(29,30)31)26(38)34(27)17-10-8-6-4-5-7-9-15-33-16-11-12-23(33)20-37-3/h13-14,18,23H,4-12,15-17,20H2,1-3H3/t23-/m1/s1. The summed E-state index contributed by atoms with van der Waals surface area (Å²) in [7, 11) is 1.77. The Labute approximate surface area is 229 Å². The van der Waals surface area contributed by atoms with Crippen LogP contribution in [0.1, 0.15) is 82.8 Å². The van der Waals surface area contributed by atoms with Crippen LogP contribution in [-0.4, -0.2) is 65.8 Å². The van der Waals surface area contributed by atoms with Crippen LogP contribution in [0.5, 0.6) is 0 Å². The molecule has 210 valence electrons. The van der Waals surface area contributed by atoms with Crippen LogP contribution in [0.15, 0.2) is 18.2 Å². The number of carbonyl (C=O) groups is 1. The highest BCUT2D eigenvalue weighted by Crippen LogP contribution is 2.38. The molecular weight excluding hydrogens is 513 g/mol. The number of hydrogen-bond acceptors (Lipinski definition) is 5. The van der Waals surface area contributed by atoms with Crippen molar-refractivity contribution in [3.8, 4) is 6.07 Å². The van der Waals surface area contributed by atoms with Gasteiger partial charge in [0, 0.05) is 19.7 Å². The number of anilines is 1. The largest absolute Gasteiger partial charge is 0.417 e. The summed E-state index contributed by atoms with van der Waals surface area (Å²) in [5.41, 5.74) is -2.48. The van der Waals surface area contributed by atoms with Gasteiger partial charge in [0.1, 0.15) is 5.54 Å². The second-order valence-electron chi connectivity index (χ2n) is 10.7. The number of nitriles is 1. The lowest BCUT2D eigenvalue weighted by Crippen LogP contribution is -2.44. The van der Waals surface area contributed by atoms with Crippen LogP contribution in [0.2, 0.25) is 0 Å². The Balaban J connectivity index is 1.45. The van der Waals surface area contributed by atoms with E-state index in [4.69, 9.17) is 22.2 Å². The number of thiocarbonyl (C=S) groups is 1. The molecule has 0 aliphatic carbocycles. The third-order valence-electron chi connectivity index (χ3n) is 7.70. The maximum Gasteiger partial charge on any atom is 0.417 e. The Kier molecular flexibility index (Phi) is 10.6. The Morgan fingerprint density at radius 1 is 1.11 bits per heavy atom. The first kappa shape index (κ1) is 30.3. The highest BCUT2D eigenvalue weighted by atomic mass is 32.1. The fraction of sp³-hybridized carbons (Fsp3) is 0.679. The smallest absolute Gasteiger partial charge is 0.383 e. The summed E-state index contributed by atoms with van der Waals surface area (Å²) >= 11 is 5.56. The monoisotopic (exact) mass is 552 g/mol. The first-order valence-corrected chi connectivity index (χ1v) is 13.9. The van der Waals surface area contributed by atoms with Crippen molar-refractivity contribution in [1.29, 1.82) is 5.26 Å².